The molecular weight excluding hydrogens is 266 g/mol. The van der Waals surface area contributed by atoms with E-state index in [9.17, 15) is 13.5 Å². The largest absolute Gasteiger partial charge is 0.389 e. The van der Waals surface area contributed by atoms with Crippen LogP contribution in [0.1, 0.15) is 44.3 Å². The second kappa shape index (κ2) is 5.60. The van der Waals surface area contributed by atoms with Gasteiger partial charge in [0.05, 0.1) is 11.8 Å². The van der Waals surface area contributed by atoms with Gasteiger partial charge in [-0.1, -0.05) is 25.7 Å². The van der Waals surface area contributed by atoms with Crippen molar-refractivity contribution in [1.29, 1.82) is 0 Å². The Labute approximate surface area is 113 Å². The highest BCUT2D eigenvalue weighted by molar-refractivity contribution is 7.89. The zero-order valence-electron chi connectivity index (χ0n) is 11.1. The van der Waals surface area contributed by atoms with Crippen LogP contribution < -0.4 is 4.72 Å². The number of rotatable bonds is 4. The number of nitrogens with one attached hydrogen (secondary N) is 2. The number of hydrogen-bond acceptors (Lipinski definition) is 4. The molecule has 6 nitrogen and oxygen atoms in total. The van der Waals surface area contributed by atoms with Crippen LogP contribution in [0.25, 0.3) is 0 Å². The summed E-state index contributed by atoms with van der Waals surface area (Å²) in [5.41, 5.74) is -0.918. The number of imidazole rings is 1. The molecule has 0 amide bonds. The first kappa shape index (κ1) is 14.5. The average molecular weight is 287 g/mol. The molecule has 0 bridgehead atoms. The molecule has 1 aliphatic carbocycles. The SMILES string of the molecule is Cc1ncc(S(=O)(=O)NCC2(O)CCCCCC2)[nH]1. The van der Waals surface area contributed by atoms with E-state index >= 15 is 0 Å². The van der Waals surface area contributed by atoms with Crippen molar-refractivity contribution >= 4 is 10.0 Å². The zero-order valence-corrected chi connectivity index (χ0v) is 12.0. The van der Waals surface area contributed by atoms with Crippen molar-refractivity contribution < 1.29 is 13.5 Å². The molecule has 19 heavy (non-hydrogen) atoms. The molecule has 108 valence electrons. The predicted octanol–water partition coefficient (Wildman–Crippen LogP) is 1.08. The van der Waals surface area contributed by atoms with Crippen LogP contribution in [0.4, 0.5) is 0 Å². The Kier molecular flexibility index (Phi) is 4.27. The molecule has 1 fully saturated rings. The van der Waals surface area contributed by atoms with Gasteiger partial charge in [0.15, 0.2) is 5.03 Å². The van der Waals surface area contributed by atoms with Crippen LogP contribution in [-0.4, -0.2) is 35.6 Å². The van der Waals surface area contributed by atoms with Crippen LogP contribution in [-0.2, 0) is 10.0 Å². The number of hydrogen-bond donors (Lipinski definition) is 3. The molecule has 0 atom stereocenters. The topological polar surface area (TPSA) is 95.1 Å². The number of sulfonamides is 1. The fourth-order valence-electron chi connectivity index (χ4n) is 2.41. The van der Waals surface area contributed by atoms with Crippen molar-refractivity contribution in [2.45, 2.75) is 56.1 Å². The summed E-state index contributed by atoms with van der Waals surface area (Å²) in [6.45, 7) is 1.76. The Morgan fingerprint density at radius 3 is 2.53 bits per heavy atom. The van der Waals surface area contributed by atoms with Crippen LogP contribution >= 0.6 is 0 Å². The van der Waals surface area contributed by atoms with E-state index in [0.29, 0.717) is 18.7 Å². The summed E-state index contributed by atoms with van der Waals surface area (Å²) in [4.78, 5) is 6.56. The number of nitrogens with zero attached hydrogens (tertiary/aromatic N) is 1. The Morgan fingerprint density at radius 2 is 2.00 bits per heavy atom. The number of aryl methyl sites for hydroxylation is 1. The molecule has 0 aromatic carbocycles. The lowest BCUT2D eigenvalue weighted by molar-refractivity contribution is 0.0303. The lowest BCUT2D eigenvalue weighted by Crippen LogP contribution is -2.42. The van der Waals surface area contributed by atoms with Crippen molar-refractivity contribution in [3.63, 3.8) is 0 Å². The lowest BCUT2D eigenvalue weighted by Gasteiger charge is -2.26. The van der Waals surface area contributed by atoms with E-state index in [1.807, 2.05) is 0 Å². The number of aromatic amines is 1. The zero-order chi connectivity index (χ0) is 13.9. The van der Waals surface area contributed by atoms with Crippen molar-refractivity contribution in [3.05, 3.63) is 12.0 Å². The van der Waals surface area contributed by atoms with Gasteiger partial charge in [-0.2, -0.15) is 0 Å². The predicted molar refractivity (Wildman–Crippen MR) is 71.2 cm³/mol. The molecule has 7 heteroatoms. The van der Waals surface area contributed by atoms with E-state index in [-0.39, 0.29) is 11.6 Å². The Hall–Kier alpha value is -0.920. The summed E-state index contributed by atoms with van der Waals surface area (Å²) in [6.07, 6.45) is 6.69. The van der Waals surface area contributed by atoms with Gasteiger partial charge in [0.2, 0.25) is 0 Å². The fourth-order valence-corrected chi connectivity index (χ4v) is 3.49. The van der Waals surface area contributed by atoms with Crippen molar-refractivity contribution in [2.24, 2.45) is 0 Å². The third-order valence-electron chi connectivity index (χ3n) is 3.59. The number of H-pyrrole nitrogens is 1. The molecule has 0 aliphatic heterocycles. The summed E-state index contributed by atoms with van der Waals surface area (Å²) in [6, 6.07) is 0. The van der Waals surface area contributed by atoms with Crippen LogP contribution in [0, 0.1) is 6.92 Å². The highest BCUT2D eigenvalue weighted by Crippen LogP contribution is 2.26. The molecule has 1 aromatic rings. The highest BCUT2D eigenvalue weighted by Gasteiger charge is 2.30. The smallest absolute Gasteiger partial charge is 0.257 e. The van der Waals surface area contributed by atoms with E-state index in [0.717, 1.165) is 25.7 Å². The Balaban J connectivity index is 2.01. The van der Waals surface area contributed by atoms with E-state index in [2.05, 4.69) is 14.7 Å². The van der Waals surface area contributed by atoms with Gasteiger partial charge in [0, 0.05) is 6.54 Å². The fraction of sp³-hybridized carbons (Fsp3) is 0.750. The van der Waals surface area contributed by atoms with Crippen molar-refractivity contribution in [3.8, 4) is 0 Å². The van der Waals surface area contributed by atoms with E-state index in [1.54, 1.807) is 6.92 Å². The van der Waals surface area contributed by atoms with Crippen LogP contribution in [0.15, 0.2) is 11.2 Å². The molecule has 0 unspecified atom stereocenters. The van der Waals surface area contributed by atoms with Gasteiger partial charge in [-0.15, -0.1) is 0 Å². The summed E-state index contributed by atoms with van der Waals surface area (Å²) < 4.78 is 26.5. The first-order valence-corrected chi connectivity index (χ1v) is 8.13. The Morgan fingerprint density at radius 1 is 1.37 bits per heavy atom. The van der Waals surface area contributed by atoms with Gasteiger partial charge < -0.3 is 10.1 Å². The van der Waals surface area contributed by atoms with E-state index in [1.165, 1.54) is 6.20 Å². The molecule has 2 rings (SSSR count). The summed E-state index contributed by atoms with van der Waals surface area (Å²) in [5.74, 6) is 0.550. The first-order chi connectivity index (χ1) is 8.91. The molecule has 1 aliphatic rings. The second-order valence-electron chi connectivity index (χ2n) is 5.30. The lowest BCUT2D eigenvalue weighted by atomic mass is 9.95. The molecule has 0 spiro atoms. The van der Waals surface area contributed by atoms with Crippen molar-refractivity contribution in [2.75, 3.05) is 6.54 Å². The van der Waals surface area contributed by atoms with Gasteiger partial charge in [-0.3, -0.25) is 0 Å². The normalized spacial score (nSPS) is 20.1. The quantitative estimate of drug-likeness (QED) is 0.722. The van der Waals surface area contributed by atoms with Gasteiger partial charge in [-0.25, -0.2) is 18.1 Å². The van der Waals surface area contributed by atoms with E-state index < -0.39 is 15.6 Å². The van der Waals surface area contributed by atoms with Gasteiger partial charge >= 0.3 is 0 Å². The Bertz CT molecular complexity index is 516. The summed E-state index contributed by atoms with van der Waals surface area (Å²) >= 11 is 0. The van der Waals surface area contributed by atoms with E-state index in [4.69, 9.17) is 0 Å². The second-order valence-corrected chi connectivity index (χ2v) is 7.03. The van der Waals surface area contributed by atoms with Gasteiger partial charge in [0.1, 0.15) is 5.82 Å². The third-order valence-corrected chi connectivity index (χ3v) is 4.91. The maximum atomic E-state index is 12.0. The maximum Gasteiger partial charge on any atom is 0.257 e. The minimum absolute atomic E-state index is 0.0437. The third kappa shape index (κ3) is 3.77. The molecule has 1 aromatic heterocycles. The van der Waals surface area contributed by atoms with Crippen LogP contribution in [0.5, 0.6) is 0 Å². The molecule has 0 saturated heterocycles. The maximum absolute atomic E-state index is 12.0. The minimum Gasteiger partial charge on any atom is -0.389 e. The molecule has 1 heterocycles. The summed E-state index contributed by atoms with van der Waals surface area (Å²) in [5, 5.41) is 10.5. The summed E-state index contributed by atoms with van der Waals surface area (Å²) in [7, 11) is -3.62. The molecular formula is C12H21N3O3S. The standard InChI is InChI=1S/C12H21N3O3S/c1-10-13-8-11(15-10)19(17,18)14-9-12(16)6-4-2-3-5-7-12/h8,14,16H,2-7,9H2,1H3,(H,13,15). The van der Waals surface area contributed by atoms with Gasteiger partial charge in [0.25, 0.3) is 10.0 Å². The molecule has 0 radical (unpaired) electrons. The van der Waals surface area contributed by atoms with Crippen LogP contribution in [0.3, 0.4) is 0 Å². The molecule has 3 N–H and O–H groups in total. The average Bonchev–Trinajstić information content (AvgIpc) is 2.68. The monoisotopic (exact) mass is 287 g/mol. The number of aliphatic hydroxyl groups is 1. The van der Waals surface area contributed by atoms with Crippen molar-refractivity contribution in [1.82, 2.24) is 14.7 Å². The first-order valence-electron chi connectivity index (χ1n) is 6.65. The number of aromatic nitrogens is 2. The van der Waals surface area contributed by atoms with Gasteiger partial charge in [-0.05, 0) is 19.8 Å². The highest BCUT2D eigenvalue weighted by atomic mass is 32.2. The van der Waals surface area contributed by atoms with Crippen LogP contribution in [0.2, 0.25) is 0 Å². The molecule has 1 saturated carbocycles. The minimum atomic E-state index is -3.62.